The molecule has 15 heteroatoms. The van der Waals surface area contributed by atoms with Crippen LogP contribution in [0.1, 0.15) is 5.82 Å². The molecule has 290 valence electrons. The van der Waals surface area contributed by atoms with E-state index in [1.807, 2.05) is 12.1 Å². The monoisotopic (exact) mass is 770 g/mol. The summed E-state index contributed by atoms with van der Waals surface area (Å²) in [6.45, 7) is 1.72. The fraction of sp³-hybridized carbons (Fsp3) is 0.143. The minimum Gasteiger partial charge on any atom is -0.507 e. The minimum absolute atomic E-state index is 0.00477. The molecule has 0 fully saturated rings. The van der Waals surface area contributed by atoms with Crippen LogP contribution in [0.25, 0.3) is 56.9 Å². The predicted molar refractivity (Wildman–Crippen MR) is 211 cm³/mol. The Morgan fingerprint density at radius 3 is 0.877 bits per heavy atom. The highest BCUT2D eigenvalue weighted by molar-refractivity contribution is 5.73. The number of methoxy groups -OCH3 is 5. The van der Waals surface area contributed by atoms with Crippen LogP contribution in [0.4, 0.5) is 0 Å². The van der Waals surface area contributed by atoms with Gasteiger partial charge in [0.1, 0.15) is 57.6 Å². The number of phenolic OH excluding ortho intramolecular Hbond substituents is 4. The normalized spacial score (nSPS) is 10.6. The third-order valence-electron chi connectivity index (χ3n) is 8.51. The van der Waals surface area contributed by atoms with Crippen molar-refractivity contribution < 1.29 is 44.1 Å². The van der Waals surface area contributed by atoms with Gasteiger partial charge in [0.2, 0.25) is 0 Å². The number of hydrogen-bond acceptors (Lipinski definition) is 15. The second kappa shape index (κ2) is 17.2. The van der Waals surface area contributed by atoms with Crippen LogP contribution in [0.15, 0.2) is 97.1 Å². The summed E-state index contributed by atoms with van der Waals surface area (Å²) >= 11 is 0. The molecular formula is C42H38N6O9. The maximum atomic E-state index is 10.5. The molecule has 0 bridgehead atoms. The van der Waals surface area contributed by atoms with Gasteiger partial charge in [-0.2, -0.15) is 0 Å². The van der Waals surface area contributed by atoms with Crippen molar-refractivity contribution in [2.24, 2.45) is 0 Å². The SMILES string of the molecule is COc1ccc(-c2nc(-c3ccc(OC)cc3O)nc(-c3ccc(OC)cc3O)n2)cc1.COc1ccc(-c2nc(C)nc(-c3ccc(OC)cc3O)n2)c(O)c1. The molecule has 2 aromatic heterocycles. The Labute approximate surface area is 327 Å². The van der Waals surface area contributed by atoms with Crippen molar-refractivity contribution in [3.63, 3.8) is 0 Å². The summed E-state index contributed by atoms with van der Waals surface area (Å²) in [5.41, 5.74) is 2.41. The van der Waals surface area contributed by atoms with Crippen molar-refractivity contribution in [1.82, 2.24) is 29.9 Å². The third kappa shape index (κ3) is 8.84. The largest absolute Gasteiger partial charge is 0.507 e. The van der Waals surface area contributed by atoms with Crippen LogP contribution >= 0.6 is 0 Å². The molecule has 15 nitrogen and oxygen atoms in total. The van der Waals surface area contributed by atoms with E-state index in [9.17, 15) is 20.4 Å². The fourth-order valence-corrected chi connectivity index (χ4v) is 5.52. The van der Waals surface area contributed by atoms with Crippen molar-refractivity contribution >= 4 is 0 Å². The zero-order valence-electron chi connectivity index (χ0n) is 31.8. The van der Waals surface area contributed by atoms with Gasteiger partial charge in [-0.1, -0.05) is 0 Å². The second-order valence-electron chi connectivity index (χ2n) is 12.1. The van der Waals surface area contributed by atoms with Crippen LogP contribution in [-0.4, -0.2) is 85.9 Å². The molecule has 0 unspecified atom stereocenters. The Balaban J connectivity index is 0.000000199. The van der Waals surface area contributed by atoms with E-state index in [1.165, 1.54) is 52.7 Å². The third-order valence-corrected chi connectivity index (χ3v) is 8.51. The molecule has 0 saturated carbocycles. The average molecular weight is 771 g/mol. The highest BCUT2D eigenvalue weighted by atomic mass is 16.5. The standard InChI is InChI=1S/C24H21N3O5.C18H17N3O4/c1-30-15-6-4-14(5-7-15)22-25-23(18-10-8-16(31-2)12-20(18)28)27-24(26-22)19-11-9-17(32-3)13-21(19)29;1-10-19-17(13-6-4-11(24-2)8-15(13)22)21-18(20-10)14-7-5-12(25-3)9-16(14)23/h4-13,28-29H,1-3H3;4-9,22-23H,1-3H3. The molecule has 0 aliphatic heterocycles. The van der Waals surface area contributed by atoms with E-state index in [0.717, 1.165) is 5.56 Å². The Bertz CT molecular complexity index is 2390. The van der Waals surface area contributed by atoms with Gasteiger partial charge in [-0.25, -0.2) is 29.9 Å². The highest BCUT2D eigenvalue weighted by Crippen LogP contribution is 2.37. The molecule has 4 N–H and O–H groups in total. The first-order valence-electron chi connectivity index (χ1n) is 17.2. The fourth-order valence-electron chi connectivity index (χ4n) is 5.52. The maximum absolute atomic E-state index is 10.5. The van der Waals surface area contributed by atoms with Crippen molar-refractivity contribution in [3.05, 3.63) is 103 Å². The topological polar surface area (TPSA) is 204 Å². The smallest absolute Gasteiger partial charge is 0.167 e. The van der Waals surface area contributed by atoms with E-state index in [1.54, 1.807) is 74.7 Å². The molecule has 0 spiro atoms. The Morgan fingerprint density at radius 1 is 0.333 bits per heavy atom. The van der Waals surface area contributed by atoms with Gasteiger partial charge in [0.25, 0.3) is 0 Å². The van der Waals surface area contributed by atoms with E-state index in [4.69, 9.17) is 23.7 Å². The molecule has 0 aliphatic carbocycles. The number of nitrogens with zero attached hydrogens (tertiary/aromatic N) is 6. The average Bonchev–Trinajstić information content (AvgIpc) is 3.23. The summed E-state index contributed by atoms with van der Waals surface area (Å²) < 4.78 is 25.7. The zero-order valence-corrected chi connectivity index (χ0v) is 31.8. The molecule has 0 radical (unpaired) electrons. The van der Waals surface area contributed by atoms with Gasteiger partial charge in [0, 0.05) is 29.8 Å². The first-order chi connectivity index (χ1) is 27.5. The first kappa shape index (κ1) is 39.0. The Kier molecular flexibility index (Phi) is 11.8. The number of rotatable bonds is 10. The van der Waals surface area contributed by atoms with Crippen LogP contribution < -0.4 is 23.7 Å². The lowest BCUT2D eigenvalue weighted by Crippen LogP contribution is -2.01. The summed E-state index contributed by atoms with van der Waals surface area (Å²) in [4.78, 5) is 26.6. The highest BCUT2D eigenvalue weighted by Gasteiger charge is 2.18. The number of aromatic hydroxyl groups is 4. The van der Waals surface area contributed by atoms with Gasteiger partial charge < -0.3 is 44.1 Å². The zero-order chi connectivity index (χ0) is 40.6. The van der Waals surface area contributed by atoms with Crippen molar-refractivity contribution in [3.8, 4) is 109 Å². The molecule has 7 aromatic rings. The number of phenols is 4. The summed E-state index contributed by atoms with van der Waals surface area (Å²) in [5, 5.41) is 41.5. The summed E-state index contributed by atoms with van der Waals surface area (Å²) in [6.07, 6.45) is 0. The lowest BCUT2D eigenvalue weighted by Gasteiger charge is -2.11. The number of benzene rings is 5. The predicted octanol–water partition coefficient (Wildman–Crippen LogP) is 7.25. The van der Waals surface area contributed by atoms with E-state index in [0.29, 0.717) is 74.3 Å². The maximum Gasteiger partial charge on any atom is 0.167 e. The molecule has 0 amide bonds. The van der Waals surface area contributed by atoms with Crippen LogP contribution in [0.3, 0.4) is 0 Å². The van der Waals surface area contributed by atoms with Gasteiger partial charge in [-0.15, -0.1) is 0 Å². The Morgan fingerprint density at radius 2 is 0.596 bits per heavy atom. The molecule has 0 aliphatic rings. The summed E-state index contributed by atoms with van der Waals surface area (Å²) in [6, 6.07) is 26.7. The van der Waals surface area contributed by atoms with E-state index >= 15 is 0 Å². The molecule has 7 rings (SSSR count). The molecule has 57 heavy (non-hydrogen) atoms. The van der Waals surface area contributed by atoms with E-state index in [2.05, 4.69) is 29.9 Å². The van der Waals surface area contributed by atoms with E-state index in [-0.39, 0.29) is 34.6 Å². The number of aryl methyl sites for hydroxylation is 1. The lowest BCUT2D eigenvalue weighted by molar-refractivity contribution is 0.407. The number of hydrogen-bond donors (Lipinski definition) is 4. The van der Waals surface area contributed by atoms with Crippen LogP contribution in [-0.2, 0) is 0 Å². The molecule has 0 saturated heterocycles. The van der Waals surface area contributed by atoms with Crippen molar-refractivity contribution in [2.45, 2.75) is 6.92 Å². The van der Waals surface area contributed by atoms with Gasteiger partial charge in [-0.3, -0.25) is 0 Å². The minimum atomic E-state index is -0.0406. The van der Waals surface area contributed by atoms with Gasteiger partial charge in [0.15, 0.2) is 29.1 Å². The van der Waals surface area contributed by atoms with Crippen LogP contribution in [0.2, 0.25) is 0 Å². The van der Waals surface area contributed by atoms with Gasteiger partial charge in [0.05, 0.1) is 57.8 Å². The molecule has 2 heterocycles. The van der Waals surface area contributed by atoms with Gasteiger partial charge >= 0.3 is 0 Å². The second-order valence-corrected chi connectivity index (χ2v) is 12.1. The van der Waals surface area contributed by atoms with Crippen molar-refractivity contribution in [2.75, 3.05) is 35.5 Å². The van der Waals surface area contributed by atoms with Crippen molar-refractivity contribution in [1.29, 1.82) is 0 Å². The number of ether oxygens (including phenoxy) is 5. The van der Waals surface area contributed by atoms with Gasteiger partial charge in [-0.05, 0) is 79.7 Å². The Hall–Kier alpha value is -7.68. The lowest BCUT2D eigenvalue weighted by atomic mass is 10.1. The summed E-state index contributed by atoms with van der Waals surface area (Å²) in [5.74, 6) is 4.61. The summed E-state index contributed by atoms with van der Waals surface area (Å²) in [7, 11) is 7.67. The molecular weight excluding hydrogens is 732 g/mol. The number of aromatic nitrogens is 6. The molecule has 5 aromatic carbocycles. The van der Waals surface area contributed by atoms with E-state index < -0.39 is 0 Å². The van der Waals surface area contributed by atoms with Crippen LogP contribution in [0.5, 0.6) is 51.7 Å². The first-order valence-corrected chi connectivity index (χ1v) is 17.2. The van der Waals surface area contributed by atoms with Crippen LogP contribution in [0, 0.1) is 6.92 Å². The molecule has 0 atom stereocenters. The quantitative estimate of drug-likeness (QED) is 0.108.